The second kappa shape index (κ2) is 5.40. The number of ether oxygens (including phenoxy) is 1. The topological polar surface area (TPSA) is 29.5 Å². The van der Waals surface area contributed by atoms with Crippen molar-refractivity contribution in [1.82, 2.24) is 0 Å². The first-order valence-corrected chi connectivity index (χ1v) is 5.20. The first-order valence-electron chi connectivity index (χ1n) is 5.20. The van der Waals surface area contributed by atoms with Gasteiger partial charge in [-0.05, 0) is 39.0 Å². The molecule has 1 aliphatic carbocycles. The minimum atomic E-state index is -0.312. The maximum atomic E-state index is 9.75. The molecule has 2 nitrogen and oxygen atoms in total. The molecule has 0 heterocycles. The predicted octanol–water partition coefficient (Wildman–Crippen LogP) is 2.13. The molecule has 13 heavy (non-hydrogen) atoms. The van der Waals surface area contributed by atoms with Gasteiger partial charge in [0.1, 0.15) is 0 Å². The van der Waals surface area contributed by atoms with Gasteiger partial charge in [-0.15, -0.1) is 0 Å². The van der Waals surface area contributed by atoms with E-state index in [1.165, 1.54) is 12.8 Å². The van der Waals surface area contributed by atoms with Crippen LogP contribution < -0.4 is 0 Å². The fourth-order valence-electron chi connectivity index (χ4n) is 1.77. The van der Waals surface area contributed by atoms with E-state index in [1.54, 1.807) is 0 Å². The third kappa shape index (κ3) is 3.49. The van der Waals surface area contributed by atoms with E-state index in [-0.39, 0.29) is 12.2 Å². The molecule has 1 N–H and O–H groups in total. The Labute approximate surface area is 80.6 Å². The molecule has 1 rings (SSSR count). The Hall–Kier alpha value is -0.340. The minimum Gasteiger partial charge on any atom is -0.390 e. The summed E-state index contributed by atoms with van der Waals surface area (Å²) in [5.41, 5.74) is 0. The van der Waals surface area contributed by atoms with E-state index in [2.05, 4.69) is 12.2 Å². The van der Waals surface area contributed by atoms with Crippen molar-refractivity contribution in [2.24, 2.45) is 5.92 Å². The van der Waals surface area contributed by atoms with Crippen molar-refractivity contribution in [3.05, 3.63) is 12.2 Å². The number of hydrogen-bond donors (Lipinski definition) is 1. The molecule has 0 aliphatic heterocycles. The molecular formula is C11H20O2. The smallest absolute Gasteiger partial charge is 0.0805 e. The molecule has 0 unspecified atom stereocenters. The Bertz CT molecular complexity index is 165. The molecule has 0 saturated carbocycles. The van der Waals surface area contributed by atoms with Crippen molar-refractivity contribution in [3.63, 3.8) is 0 Å². The zero-order valence-electron chi connectivity index (χ0n) is 8.57. The van der Waals surface area contributed by atoms with Gasteiger partial charge in [0, 0.05) is 6.61 Å². The molecule has 0 aromatic heterocycles. The Balaban J connectivity index is 2.22. The van der Waals surface area contributed by atoms with Gasteiger partial charge in [0.05, 0.1) is 12.2 Å². The summed E-state index contributed by atoms with van der Waals surface area (Å²) in [6.07, 6.45) is 7.27. The maximum absolute atomic E-state index is 9.75. The fraction of sp³-hybridized carbons (Fsp3) is 0.818. The van der Waals surface area contributed by atoms with Crippen LogP contribution >= 0.6 is 0 Å². The number of aliphatic hydroxyl groups is 1. The molecule has 0 amide bonds. The van der Waals surface area contributed by atoms with Gasteiger partial charge in [0.25, 0.3) is 0 Å². The molecule has 0 bridgehead atoms. The largest absolute Gasteiger partial charge is 0.390 e. The Morgan fingerprint density at radius 3 is 2.92 bits per heavy atom. The normalized spacial score (nSPS) is 26.2. The maximum Gasteiger partial charge on any atom is 0.0805 e. The second-order valence-electron chi connectivity index (χ2n) is 3.73. The average Bonchev–Trinajstić information content (AvgIpc) is 2.57. The summed E-state index contributed by atoms with van der Waals surface area (Å²) in [4.78, 5) is 0. The monoisotopic (exact) mass is 184 g/mol. The fourth-order valence-corrected chi connectivity index (χ4v) is 1.77. The third-order valence-corrected chi connectivity index (χ3v) is 2.63. The summed E-state index contributed by atoms with van der Waals surface area (Å²) in [6.45, 7) is 4.57. The lowest BCUT2D eigenvalue weighted by Crippen LogP contribution is -2.27. The first-order chi connectivity index (χ1) is 6.24. The zero-order valence-corrected chi connectivity index (χ0v) is 8.57. The molecule has 0 saturated heterocycles. The van der Waals surface area contributed by atoms with Crippen molar-refractivity contribution in [3.8, 4) is 0 Å². The third-order valence-electron chi connectivity index (χ3n) is 2.63. The van der Waals surface area contributed by atoms with Gasteiger partial charge in [0.2, 0.25) is 0 Å². The van der Waals surface area contributed by atoms with Crippen LogP contribution in [0.25, 0.3) is 0 Å². The molecule has 0 fully saturated rings. The van der Waals surface area contributed by atoms with E-state index in [4.69, 9.17) is 4.74 Å². The molecule has 76 valence electrons. The number of hydrogen-bond acceptors (Lipinski definition) is 2. The lowest BCUT2D eigenvalue weighted by Gasteiger charge is -2.20. The van der Waals surface area contributed by atoms with Gasteiger partial charge < -0.3 is 9.84 Å². The quantitative estimate of drug-likeness (QED) is 0.663. The van der Waals surface area contributed by atoms with Crippen LogP contribution in [0.4, 0.5) is 0 Å². The molecule has 3 atom stereocenters. The predicted molar refractivity (Wildman–Crippen MR) is 53.6 cm³/mol. The van der Waals surface area contributed by atoms with Crippen LogP contribution in [-0.4, -0.2) is 23.9 Å². The van der Waals surface area contributed by atoms with Gasteiger partial charge in [-0.2, -0.15) is 0 Å². The van der Waals surface area contributed by atoms with Crippen molar-refractivity contribution in [2.45, 2.75) is 45.3 Å². The van der Waals surface area contributed by atoms with Gasteiger partial charge >= 0.3 is 0 Å². The van der Waals surface area contributed by atoms with Crippen molar-refractivity contribution in [1.29, 1.82) is 0 Å². The van der Waals surface area contributed by atoms with E-state index >= 15 is 0 Å². The molecule has 0 spiro atoms. The Morgan fingerprint density at radius 1 is 1.62 bits per heavy atom. The van der Waals surface area contributed by atoms with Crippen LogP contribution in [0.15, 0.2) is 12.2 Å². The summed E-state index contributed by atoms with van der Waals surface area (Å²) in [5, 5.41) is 9.75. The van der Waals surface area contributed by atoms with Crippen molar-refractivity contribution >= 4 is 0 Å². The highest BCUT2D eigenvalue weighted by Gasteiger charge is 2.19. The van der Waals surface area contributed by atoms with Gasteiger partial charge in [-0.25, -0.2) is 0 Å². The SMILES string of the molecule is CCO[C@@H](C)[C@@H](O)C[C@H]1C=CCC1. The highest BCUT2D eigenvalue weighted by Crippen LogP contribution is 2.23. The summed E-state index contributed by atoms with van der Waals surface area (Å²) in [7, 11) is 0. The zero-order chi connectivity index (χ0) is 9.68. The number of rotatable bonds is 5. The molecule has 1 aliphatic rings. The van der Waals surface area contributed by atoms with Crippen LogP contribution in [-0.2, 0) is 4.74 Å². The molecule has 2 heteroatoms. The van der Waals surface area contributed by atoms with Gasteiger partial charge in [-0.3, -0.25) is 0 Å². The summed E-state index contributed by atoms with van der Waals surface area (Å²) < 4.78 is 5.34. The number of allylic oxidation sites excluding steroid dienone is 2. The molecule has 0 aromatic rings. The van der Waals surface area contributed by atoms with E-state index in [0.717, 1.165) is 6.42 Å². The summed E-state index contributed by atoms with van der Waals surface area (Å²) >= 11 is 0. The Kier molecular flexibility index (Phi) is 4.46. The van der Waals surface area contributed by atoms with Crippen LogP contribution in [0.5, 0.6) is 0 Å². The lowest BCUT2D eigenvalue weighted by molar-refractivity contribution is -0.0290. The van der Waals surface area contributed by atoms with E-state index in [1.807, 2.05) is 13.8 Å². The molecule has 0 aromatic carbocycles. The molecule has 0 radical (unpaired) electrons. The van der Waals surface area contributed by atoms with E-state index < -0.39 is 0 Å². The van der Waals surface area contributed by atoms with Crippen LogP contribution in [0.3, 0.4) is 0 Å². The van der Waals surface area contributed by atoms with E-state index in [0.29, 0.717) is 12.5 Å². The summed E-state index contributed by atoms with van der Waals surface area (Å²) in [5.74, 6) is 0.568. The average molecular weight is 184 g/mol. The minimum absolute atomic E-state index is 0.0287. The Morgan fingerprint density at radius 2 is 2.38 bits per heavy atom. The van der Waals surface area contributed by atoms with Crippen LogP contribution in [0.2, 0.25) is 0 Å². The standard InChI is InChI=1S/C11H20O2/c1-3-13-9(2)11(12)8-10-6-4-5-7-10/h4,6,9-12H,3,5,7-8H2,1-2H3/t9-,10-,11-/m0/s1. The highest BCUT2D eigenvalue weighted by molar-refractivity contribution is 4.97. The van der Waals surface area contributed by atoms with Crippen molar-refractivity contribution < 1.29 is 9.84 Å². The van der Waals surface area contributed by atoms with Gasteiger partial charge in [-0.1, -0.05) is 12.2 Å². The van der Waals surface area contributed by atoms with Crippen LogP contribution in [0.1, 0.15) is 33.1 Å². The highest BCUT2D eigenvalue weighted by atomic mass is 16.5. The van der Waals surface area contributed by atoms with Gasteiger partial charge in [0.15, 0.2) is 0 Å². The van der Waals surface area contributed by atoms with Crippen LogP contribution in [0, 0.1) is 5.92 Å². The van der Waals surface area contributed by atoms with Crippen molar-refractivity contribution in [2.75, 3.05) is 6.61 Å². The molecular weight excluding hydrogens is 164 g/mol. The summed E-state index contributed by atoms with van der Waals surface area (Å²) in [6, 6.07) is 0. The number of aliphatic hydroxyl groups excluding tert-OH is 1. The first kappa shape index (κ1) is 10.7. The van der Waals surface area contributed by atoms with E-state index in [9.17, 15) is 5.11 Å². The lowest BCUT2D eigenvalue weighted by atomic mass is 9.98. The second-order valence-corrected chi connectivity index (χ2v) is 3.73.